The summed E-state index contributed by atoms with van der Waals surface area (Å²) in [4.78, 5) is 58.3. The Morgan fingerprint density at radius 2 is 1.75 bits per heavy atom. The average molecular weight is 539 g/mol. The maximum absolute atomic E-state index is 13.2. The monoisotopic (exact) mass is 538 g/mol. The zero-order valence-electron chi connectivity index (χ0n) is 22.4. The van der Waals surface area contributed by atoms with Crippen LogP contribution in [0.5, 0.6) is 0 Å². The Morgan fingerprint density at radius 3 is 2.45 bits per heavy atom. The minimum absolute atomic E-state index is 0.0921. The van der Waals surface area contributed by atoms with E-state index in [9.17, 15) is 24.3 Å². The summed E-state index contributed by atoms with van der Waals surface area (Å²) >= 11 is 0. The molecule has 2 heterocycles. The second-order valence-electron chi connectivity index (χ2n) is 9.74. The van der Waals surface area contributed by atoms with Gasteiger partial charge in [-0.3, -0.25) is 19.4 Å². The molecule has 2 aliphatic heterocycles. The number of nitrogens with zero attached hydrogens (tertiary/aromatic N) is 3. The fraction of sp³-hybridized carbons (Fsp3) is 0.258. The van der Waals surface area contributed by atoms with Crippen LogP contribution in [0.25, 0.3) is 0 Å². The molecule has 40 heavy (non-hydrogen) atoms. The highest BCUT2D eigenvalue weighted by Crippen LogP contribution is 2.38. The number of nitrogens with one attached hydrogen (secondary N) is 1. The van der Waals surface area contributed by atoms with Crippen LogP contribution in [0, 0.1) is 0 Å². The lowest BCUT2D eigenvalue weighted by atomic mass is 9.90. The van der Waals surface area contributed by atoms with E-state index in [1.54, 1.807) is 21.9 Å². The molecular weight excluding hydrogens is 508 g/mol. The van der Waals surface area contributed by atoms with Crippen LogP contribution in [0.15, 0.2) is 71.7 Å². The van der Waals surface area contributed by atoms with Crippen LogP contribution in [0.1, 0.15) is 53.2 Å². The van der Waals surface area contributed by atoms with Crippen molar-refractivity contribution < 1.29 is 24.3 Å². The van der Waals surface area contributed by atoms with Gasteiger partial charge in [-0.15, -0.1) is 0 Å². The Morgan fingerprint density at radius 1 is 1.00 bits per heavy atom. The molecule has 204 valence electrons. The van der Waals surface area contributed by atoms with Gasteiger partial charge >= 0.3 is 5.97 Å². The molecule has 3 amide bonds. The highest BCUT2D eigenvalue weighted by atomic mass is 16.4. The third-order valence-electron chi connectivity index (χ3n) is 7.40. The summed E-state index contributed by atoms with van der Waals surface area (Å²) in [6.07, 6.45) is 0.467. The molecule has 2 N–H and O–H groups in total. The number of anilines is 2. The van der Waals surface area contributed by atoms with Crippen molar-refractivity contribution in [1.82, 2.24) is 4.90 Å². The van der Waals surface area contributed by atoms with Gasteiger partial charge in [0.2, 0.25) is 17.7 Å². The SMILES string of the molecule is CCN(CC)C(=O)CC(=O)N1CCc2cc(N=C(c3ccccc3)C3C(=O)Nc4cc(C(=O)O)ccc43)ccc21. The predicted octanol–water partition coefficient (Wildman–Crippen LogP) is 4.39. The normalized spacial score (nSPS) is 15.8. The molecule has 0 saturated carbocycles. The zero-order chi connectivity index (χ0) is 28.4. The summed E-state index contributed by atoms with van der Waals surface area (Å²) in [7, 11) is 0. The molecule has 0 spiro atoms. The second-order valence-corrected chi connectivity index (χ2v) is 9.74. The fourth-order valence-electron chi connectivity index (χ4n) is 5.34. The lowest BCUT2D eigenvalue weighted by Gasteiger charge is -2.21. The quantitative estimate of drug-likeness (QED) is 0.326. The molecule has 9 heteroatoms. The maximum Gasteiger partial charge on any atom is 0.335 e. The van der Waals surface area contributed by atoms with E-state index in [4.69, 9.17) is 4.99 Å². The van der Waals surface area contributed by atoms with E-state index < -0.39 is 11.9 Å². The van der Waals surface area contributed by atoms with Gasteiger partial charge in [0.1, 0.15) is 12.3 Å². The highest BCUT2D eigenvalue weighted by molar-refractivity contribution is 6.24. The number of carboxylic acids is 1. The largest absolute Gasteiger partial charge is 0.478 e. The summed E-state index contributed by atoms with van der Waals surface area (Å²) in [5, 5.41) is 12.2. The molecule has 5 rings (SSSR count). The van der Waals surface area contributed by atoms with E-state index in [1.807, 2.05) is 56.3 Å². The number of carbonyl (C=O) groups excluding carboxylic acids is 3. The van der Waals surface area contributed by atoms with Crippen molar-refractivity contribution >= 4 is 46.5 Å². The van der Waals surface area contributed by atoms with Gasteiger partial charge in [0.25, 0.3) is 0 Å². The Labute approximate surface area is 232 Å². The van der Waals surface area contributed by atoms with Crippen LogP contribution in [0.4, 0.5) is 17.1 Å². The molecule has 0 saturated heterocycles. The number of hydrogen-bond acceptors (Lipinski definition) is 5. The van der Waals surface area contributed by atoms with Gasteiger partial charge < -0.3 is 20.2 Å². The standard InChI is InChI=1S/C31H30N4O5/c1-3-34(4-2)26(36)18-27(37)35-15-14-20-16-22(11-13-25(20)35)32-29(19-8-6-5-7-9-19)28-23-12-10-21(31(39)40)17-24(23)33-30(28)38/h5-13,16-17,28H,3-4,14-15,18H2,1-2H3,(H,33,38)(H,39,40). The van der Waals surface area contributed by atoms with Gasteiger partial charge in [-0.05, 0) is 67.3 Å². The smallest absolute Gasteiger partial charge is 0.335 e. The Kier molecular flexibility index (Phi) is 7.46. The van der Waals surface area contributed by atoms with E-state index in [-0.39, 0.29) is 29.7 Å². The lowest BCUT2D eigenvalue weighted by Crippen LogP contribution is -2.37. The minimum atomic E-state index is -1.07. The molecule has 1 atom stereocenters. The first-order valence-electron chi connectivity index (χ1n) is 13.3. The van der Waals surface area contributed by atoms with Crippen molar-refractivity contribution in [2.75, 3.05) is 29.9 Å². The van der Waals surface area contributed by atoms with E-state index in [1.165, 1.54) is 12.1 Å². The van der Waals surface area contributed by atoms with Gasteiger partial charge in [-0.1, -0.05) is 36.4 Å². The number of aliphatic imine (C=N–C) groups is 1. The van der Waals surface area contributed by atoms with Gasteiger partial charge in [-0.2, -0.15) is 0 Å². The summed E-state index contributed by atoms with van der Waals surface area (Å²) in [6.45, 7) is 5.40. The first-order valence-corrected chi connectivity index (χ1v) is 13.3. The highest BCUT2D eigenvalue weighted by Gasteiger charge is 2.36. The van der Waals surface area contributed by atoms with Crippen molar-refractivity contribution in [2.24, 2.45) is 4.99 Å². The molecular formula is C31H30N4O5. The maximum atomic E-state index is 13.2. The van der Waals surface area contributed by atoms with Crippen molar-refractivity contribution in [3.05, 3.63) is 89.0 Å². The molecule has 1 unspecified atom stereocenters. The van der Waals surface area contributed by atoms with Crippen LogP contribution >= 0.6 is 0 Å². The number of aromatic carboxylic acids is 1. The van der Waals surface area contributed by atoms with Crippen LogP contribution in [-0.4, -0.2) is 59.0 Å². The number of rotatable bonds is 8. The van der Waals surface area contributed by atoms with E-state index in [2.05, 4.69) is 5.32 Å². The molecule has 0 radical (unpaired) electrons. The molecule has 3 aromatic carbocycles. The van der Waals surface area contributed by atoms with Crippen LogP contribution < -0.4 is 10.2 Å². The first kappa shape index (κ1) is 26.8. The van der Waals surface area contributed by atoms with Crippen molar-refractivity contribution in [2.45, 2.75) is 32.6 Å². The molecule has 0 fully saturated rings. The van der Waals surface area contributed by atoms with Gasteiger partial charge in [0.15, 0.2) is 0 Å². The van der Waals surface area contributed by atoms with E-state index in [0.717, 1.165) is 16.8 Å². The summed E-state index contributed by atoms with van der Waals surface area (Å²) in [5.74, 6) is -2.48. The summed E-state index contributed by atoms with van der Waals surface area (Å²) < 4.78 is 0. The van der Waals surface area contributed by atoms with Crippen LogP contribution in [0.2, 0.25) is 0 Å². The fourth-order valence-corrected chi connectivity index (χ4v) is 5.34. The number of fused-ring (bicyclic) bond motifs is 2. The van der Waals surface area contributed by atoms with Gasteiger partial charge in [0.05, 0.1) is 17.0 Å². The summed E-state index contributed by atoms with van der Waals surface area (Å²) in [6, 6.07) is 19.6. The minimum Gasteiger partial charge on any atom is -0.478 e. The molecule has 0 aromatic heterocycles. The summed E-state index contributed by atoms with van der Waals surface area (Å²) in [5.41, 5.74) is 4.86. The third kappa shape index (κ3) is 5.10. The van der Waals surface area contributed by atoms with Crippen molar-refractivity contribution in [3.8, 4) is 0 Å². The number of carbonyl (C=O) groups is 4. The third-order valence-corrected chi connectivity index (χ3v) is 7.40. The molecule has 2 aliphatic rings. The Hall–Kier alpha value is -4.79. The van der Waals surface area contributed by atoms with Gasteiger partial charge in [0, 0.05) is 31.0 Å². The number of carboxylic acid groups (broad SMARTS) is 1. The molecule has 9 nitrogen and oxygen atoms in total. The molecule has 0 bridgehead atoms. The zero-order valence-corrected chi connectivity index (χ0v) is 22.4. The topological polar surface area (TPSA) is 119 Å². The number of hydrogen-bond donors (Lipinski definition) is 2. The van der Waals surface area contributed by atoms with Crippen molar-refractivity contribution in [3.63, 3.8) is 0 Å². The van der Waals surface area contributed by atoms with Crippen LogP contribution in [0.3, 0.4) is 0 Å². The first-order chi connectivity index (χ1) is 19.3. The van der Waals surface area contributed by atoms with Crippen molar-refractivity contribution in [1.29, 1.82) is 0 Å². The second kappa shape index (κ2) is 11.1. The Bertz CT molecular complexity index is 1530. The average Bonchev–Trinajstić information content (AvgIpc) is 3.52. The Balaban J connectivity index is 1.47. The lowest BCUT2D eigenvalue weighted by molar-refractivity contribution is -0.135. The van der Waals surface area contributed by atoms with Gasteiger partial charge in [-0.25, -0.2) is 4.79 Å². The van der Waals surface area contributed by atoms with E-state index in [0.29, 0.717) is 48.7 Å². The molecule has 0 aliphatic carbocycles. The predicted molar refractivity (Wildman–Crippen MR) is 152 cm³/mol. The van der Waals surface area contributed by atoms with Crippen LogP contribution in [-0.2, 0) is 20.8 Å². The number of amides is 3. The van der Waals surface area contributed by atoms with E-state index >= 15 is 0 Å². The molecule has 3 aromatic rings. The number of benzene rings is 3.